The van der Waals surface area contributed by atoms with Crippen molar-refractivity contribution in [1.29, 1.82) is 0 Å². The van der Waals surface area contributed by atoms with Crippen molar-refractivity contribution in [2.45, 2.75) is 31.7 Å². The molecule has 2 heteroatoms. The third kappa shape index (κ3) is 1.81. The van der Waals surface area contributed by atoms with Gasteiger partial charge in [-0.25, -0.2) is 0 Å². The average molecular weight is 213 g/mol. The first-order valence-corrected chi connectivity index (χ1v) is 4.03. The van der Waals surface area contributed by atoms with Crippen LogP contribution >= 0.6 is 0 Å². The van der Waals surface area contributed by atoms with Crippen LogP contribution in [0.1, 0.15) is 25.7 Å². The second-order valence-corrected chi connectivity index (χ2v) is 3.18. The van der Waals surface area contributed by atoms with Gasteiger partial charge < -0.3 is 11.7 Å². The first-order chi connectivity index (χ1) is 4.47. The van der Waals surface area contributed by atoms with E-state index in [2.05, 4.69) is 11.7 Å². The van der Waals surface area contributed by atoms with Gasteiger partial charge in [-0.2, -0.15) is 12.3 Å². The van der Waals surface area contributed by atoms with Gasteiger partial charge in [0.25, 0.3) is 0 Å². The van der Waals surface area contributed by atoms with Crippen molar-refractivity contribution in [3.8, 4) is 0 Å². The summed E-state index contributed by atoms with van der Waals surface area (Å²) in [4.78, 5) is 0. The first-order valence-electron chi connectivity index (χ1n) is 4.03. The molecule has 1 nitrogen and oxygen atoms in total. The van der Waals surface area contributed by atoms with Gasteiger partial charge in [0, 0.05) is 32.7 Å². The molecule has 1 N–H and O–H groups in total. The van der Waals surface area contributed by atoms with Crippen molar-refractivity contribution >= 4 is 0 Å². The second-order valence-electron chi connectivity index (χ2n) is 3.18. The molecule has 2 unspecified atom stereocenters. The largest absolute Gasteiger partial charge is 0.324 e. The minimum Gasteiger partial charge on any atom is -0.324 e. The van der Waals surface area contributed by atoms with Gasteiger partial charge in [-0.15, -0.1) is 0 Å². The Bertz CT molecular complexity index is 93.4. The maximum Gasteiger partial charge on any atom is 0 e. The molecule has 0 aromatic heterocycles. The fraction of sp³-hybridized carbons (Fsp3) is 0.875. The Morgan fingerprint density at radius 3 is 3.00 bits per heavy atom. The molecule has 1 aliphatic carbocycles. The minimum absolute atomic E-state index is 0. The molecule has 1 aliphatic heterocycles. The van der Waals surface area contributed by atoms with E-state index < -0.39 is 0 Å². The number of rotatable bonds is 0. The van der Waals surface area contributed by atoms with E-state index in [1.807, 2.05) is 0 Å². The van der Waals surface area contributed by atoms with Crippen LogP contribution in [0.4, 0.5) is 0 Å². The zero-order valence-electron chi connectivity index (χ0n) is 6.34. The van der Waals surface area contributed by atoms with E-state index in [-0.39, 0.29) is 32.7 Å². The number of nitrogens with one attached hydrogen (secondary N) is 1. The van der Waals surface area contributed by atoms with Crippen LogP contribution < -0.4 is 5.32 Å². The molecule has 2 fully saturated rings. The molecular weight excluding hydrogens is 199 g/mol. The maximum atomic E-state index is 3.53. The van der Waals surface area contributed by atoms with Gasteiger partial charge in [-0.1, -0.05) is 12.8 Å². The van der Waals surface area contributed by atoms with Gasteiger partial charge in [0.05, 0.1) is 0 Å². The Morgan fingerprint density at radius 1 is 1.30 bits per heavy atom. The van der Waals surface area contributed by atoms with Gasteiger partial charge in [0.15, 0.2) is 0 Å². The molecule has 0 amide bonds. The molecule has 1 heterocycles. The first kappa shape index (κ1) is 9.15. The standard InChI is InChI=1S/C8H14N.Y/c1-2-4-8-7(3-1)5-6-9-8;/h3,7-9H,1-2,4-6H2;/q-1;. The van der Waals surface area contributed by atoms with Crippen LogP contribution in [0.25, 0.3) is 0 Å². The number of hydrogen-bond acceptors (Lipinski definition) is 1. The fourth-order valence-electron chi connectivity index (χ4n) is 2.06. The monoisotopic (exact) mass is 213 g/mol. The van der Waals surface area contributed by atoms with E-state index >= 15 is 0 Å². The van der Waals surface area contributed by atoms with Crippen molar-refractivity contribution in [2.75, 3.05) is 6.54 Å². The third-order valence-electron chi connectivity index (χ3n) is 2.59. The van der Waals surface area contributed by atoms with Gasteiger partial charge in [0.2, 0.25) is 0 Å². The number of fused-ring (bicyclic) bond motifs is 1. The molecular formula is C8H14NY-. The van der Waals surface area contributed by atoms with Crippen LogP contribution in [0, 0.1) is 12.3 Å². The summed E-state index contributed by atoms with van der Waals surface area (Å²) in [6, 6.07) is 0.860. The van der Waals surface area contributed by atoms with E-state index in [9.17, 15) is 0 Å². The zero-order valence-corrected chi connectivity index (χ0v) is 9.18. The van der Waals surface area contributed by atoms with Crippen molar-refractivity contribution in [3.05, 3.63) is 6.42 Å². The average Bonchev–Trinajstić information content (AvgIpc) is 2.33. The van der Waals surface area contributed by atoms with Crippen LogP contribution in [-0.4, -0.2) is 12.6 Å². The van der Waals surface area contributed by atoms with Crippen molar-refractivity contribution in [2.24, 2.45) is 5.92 Å². The Kier molecular flexibility index (Phi) is 3.83. The molecule has 1 saturated heterocycles. The van der Waals surface area contributed by atoms with Gasteiger partial charge in [-0.3, -0.25) is 0 Å². The SMILES string of the molecule is [CH-]1CCCC2NCCC12.[Y]. The summed E-state index contributed by atoms with van der Waals surface area (Å²) in [6.45, 7) is 1.26. The molecule has 0 aromatic rings. The molecule has 55 valence electrons. The predicted molar refractivity (Wildman–Crippen MR) is 38.0 cm³/mol. The summed E-state index contributed by atoms with van der Waals surface area (Å²) < 4.78 is 0. The van der Waals surface area contributed by atoms with Gasteiger partial charge in [0.1, 0.15) is 0 Å². The Balaban J connectivity index is 0.000000500. The normalized spacial score (nSPS) is 38.4. The van der Waals surface area contributed by atoms with Crippen LogP contribution in [-0.2, 0) is 32.7 Å². The summed E-state index contributed by atoms with van der Waals surface area (Å²) in [5.41, 5.74) is 0. The van der Waals surface area contributed by atoms with Gasteiger partial charge >= 0.3 is 0 Å². The summed E-state index contributed by atoms with van der Waals surface area (Å²) in [7, 11) is 0. The maximum absolute atomic E-state index is 3.53. The van der Waals surface area contributed by atoms with Crippen molar-refractivity contribution in [3.63, 3.8) is 0 Å². The molecule has 1 radical (unpaired) electrons. The van der Waals surface area contributed by atoms with Gasteiger partial charge in [-0.05, 0) is 19.0 Å². The summed E-state index contributed by atoms with van der Waals surface area (Å²) >= 11 is 0. The Labute approximate surface area is 88.2 Å². The molecule has 2 aliphatic rings. The molecule has 10 heavy (non-hydrogen) atoms. The zero-order chi connectivity index (χ0) is 6.10. The summed E-state index contributed by atoms with van der Waals surface area (Å²) in [6.07, 6.45) is 8.09. The molecule has 0 bridgehead atoms. The third-order valence-corrected chi connectivity index (χ3v) is 2.59. The van der Waals surface area contributed by atoms with Crippen LogP contribution in [0.5, 0.6) is 0 Å². The minimum atomic E-state index is 0. The topological polar surface area (TPSA) is 12.0 Å². The van der Waals surface area contributed by atoms with E-state index in [0.717, 1.165) is 12.0 Å². The van der Waals surface area contributed by atoms with Crippen molar-refractivity contribution in [1.82, 2.24) is 5.32 Å². The van der Waals surface area contributed by atoms with E-state index in [1.54, 1.807) is 0 Å². The Hall–Kier alpha value is 1.06. The van der Waals surface area contributed by atoms with Crippen LogP contribution in [0.2, 0.25) is 0 Å². The smallest absolute Gasteiger partial charge is 0 e. The van der Waals surface area contributed by atoms with E-state index in [0.29, 0.717) is 0 Å². The van der Waals surface area contributed by atoms with Crippen LogP contribution in [0.15, 0.2) is 0 Å². The predicted octanol–water partition coefficient (Wildman–Crippen LogP) is 1.35. The molecule has 0 spiro atoms. The molecule has 0 aromatic carbocycles. The van der Waals surface area contributed by atoms with Crippen LogP contribution in [0.3, 0.4) is 0 Å². The molecule has 2 atom stereocenters. The van der Waals surface area contributed by atoms with Crippen molar-refractivity contribution < 1.29 is 32.7 Å². The molecule has 1 saturated carbocycles. The summed E-state index contributed by atoms with van der Waals surface area (Å²) in [5, 5.41) is 3.53. The van der Waals surface area contributed by atoms with E-state index in [1.165, 1.54) is 32.2 Å². The van der Waals surface area contributed by atoms with E-state index in [4.69, 9.17) is 0 Å². The second kappa shape index (κ2) is 4.18. The Morgan fingerprint density at radius 2 is 2.20 bits per heavy atom. The quantitative estimate of drug-likeness (QED) is 0.599. The summed E-state index contributed by atoms with van der Waals surface area (Å²) in [5.74, 6) is 0.929. The number of hydrogen-bond donors (Lipinski definition) is 1. The fourth-order valence-corrected chi connectivity index (χ4v) is 2.06. The molecule has 2 rings (SSSR count).